The van der Waals surface area contributed by atoms with Gasteiger partial charge in [-0.1, -0.05) is 28.1 Å². The number of Topliss-reactive ketones (excluding diaryl/α,β-unsaturated/α-hetero) is 1. The van der Waals surface area contributed by atoms with Gasteiger partial charge < -0.3 is 5.11 Å². The molecule has 2 rings (SSSR count). The highest BCUT2D eigenvalue weighted by atomic mass is 79.9. The number of carbonyl (C=O) groups excluding carboxylic acids is 1. The molecule has 0 heterocycles. The van der Waals surface area contributed by atoms with Gasteiger partial charge in [0.25, 0.3) is 0 Å². The third-order valence-corrected chi connectivity index (χ3v) is 3.36. The smallest absolute Gasteiger partial charge is 0.136 e. The number of halogens is 1. The van der Waals surface area contributed by atoms with E-state index in [-0.39, 0.29) is 11.7 Å². The molecule has 0 radical (unpaired) electrons. The summed E-state index contributed by atoms with van der Waals surface area (Å²) in [6.07, 6.45) is 1.14. The van der Waals surface area contributed by atoms with Gasteiger partial charge in [0, 0.05) is 17.3 Å². The summed E-state index contributed by atoms with van der Waals surface area (Å²) in [5.74, 6) is 0.357. The molecule has 1 aromatic carbocycles. The lowest BCUT2D eigenvalue weighted by atomic mass is 9.82. The van der Waals surface area contributed by atoms with Crippen LogP contribution in [-0.4, -0.2) is 17.0 Å². The van der Waals surface area contributed by atoms with E-state index < -0.39 is 6.10 Å². The maximum atomic E-state index is 11.4. The lowest BCUT2D eigenvalue weighted by Crippen LogP contribution is -2.25. The van der Waals surface area contributed by atoms with Crippen LogP contribution in [0.2, 0.25) is 0 Å². The topological polar surface area (TPSA) is 37.3 Å². The van der Waals surface area contributed by atoms with Crippen LogP contribution in [0.4, 0.5) is 0 Å². The second-order valence-electron chi connectivity index (χ2n) is 4.08. The first-order chi connectivity index (χ1) is 7.15. The molecule has 1 aliphatic carbocycles. The Bertz CT molecular complexity index is 358. The molecule has 0 aliphatic heterocycles. The molecule has 2 unspecified atom stereocenters. The lowest BCUT2D eigenvalue weighted by Gasteiger charge is -2.25. The second kappa shape index (κ2) is 4.45. The Morgan fingerprint density at radius 2 is 1.87 bits per heavy atom. The maximum absolute atomic E-state index is 11.4. The van der Waals surface area contributed by atoms with Gasteiger partial charge in [-0.2, -0.15) is 0 Å². The third-order valence-electron chi connectivity index (χ3n) is 2.84. The van der Waals surface area contributed by atoms with Crippen molar-refractivity contribution in [2.45, 2.75) is 31.3 Å². The monoisotopic (exact) mass is 268 g/mol. The van der Waals surface area contributed by atoms with Gasteiger partial charge in [0.05, 0.1) is 6.10 Å². The highest BCUT2D eigenvalue weighted by Gasteiger charge is 2.26. The van der Waals surface area contributed by atoms with Gasteiger partial charge in [0.2, 0.25) is 0 Å². The Hall–Kier alpha value is -0.670. The van der Waals surface area contributed by atoms with Crippen molar-refractivity contribution >= 4 is 21.7 Å². The van der Waals surface area contributed by atoms with Crippen LogP contribution < -0.4 is 0 Å². The van der Waals surface area contributed by atoms with E-state index in [4.69, 9.17) is 0 Å². The molecule has 0 spiro atoms. The minimum Gasteiger partial charge on any atom is -0.393 e. The summed E-state index contributed by atoms with van der Waals surface area (Å²) in [5, 5.41) is 9.54. The quantitative estimate of drug-likeness (QED) is 0.851. The van der Waals surface area contributed by atoms with Crippen LogP contribution in [-0.2, 0) is 4.79 Å². The number of hydrogen-bond donors (Lipinski definition) is 1. The second-order valence-corrected chi connectivity index (χ2v) is 5.00. The number of carbonyl (C=O) groups is 1. The molecule has 2 nitrogen and oxygen atoms in total. The number of ketones is 1. The molecule has 3 heteroatoms. The van der Waals surface area contributed by atoms with E-state index in [0.29, 0.717) is 19.3 Å². The molecule has 0 bridgehead atoms. The van der Waals surface area contributed by atoms with Crippen molar-refractivity contribution in [3.63, 3.8) is 0 Å². The highest BCUT2D eigenvalue weighted by molar-refractivity contribution is 9.10. The van der Waals surface area contributed by atoms with Crippen molar-refractivity contribution in [2.75, 3.05) is 0 Å². The summed E-state index contributed by atoms with van der Waals surface area (Å²) in [6, 6.07) is 7.97. The number of aliphatic hydroxyl groups is 1. The summed E-state index contributed by atoms with van der Waals surface area (Å²) in [7, 11) is 0. The molecule has 0 saturated heterocycles. The molecule has 1 aliphatic rings. The molecule has 0 amide bonds. The van der Waals surface area contributed by atoms with Crippen molar-refractivity contribution < 1.29 is 9.90 Å². The Balaban J connectivity index is 2.16. The van der Waals surface area contributed by atoms with Crippen LogP contribution in [0.1, 0.15) is 30.7 Å². The number of rotatable bonds is 1. The van der Waals surface area contributed by atoms with E-state index in [1.165, 1.54) is 0 Å². The van der Waals surface area contributed by atoms with Crippen LogP contribution in [0.25, 0.3) is 0 Å². The van der Waals surface area contributed by atoms with Gasteiger partial charge in [0.1, 0.15) is 5.78 Å². The van der Waals surface area contributed by atoms with Gasteiger partial charge in [0.15, 0.2) is 0 Å². The molecule has 1 aromatic rings. The molecule has 80 valence electrons. The zero-order valence-corrected chi connectivity index (χ0v) is 9.90. The Morgan fingerprint density at radius 3 is 2.47 bits per heavy atom. The number of hydrogen-bond acceptors (Lipinski definition) is 2. The van der Waals surface area contributed by atoms with Gasteiger partial charge in [-0.3, -0.25) is 4.79 Å². The van der Waals surface area contributed by atoms with Crippen molar-refractivity contribution in [3.05, 3.63) is 34.3 Å². The van der Waals surface area contributed by atoms with Gasteiger partial charge in [-0.15, -0.1) is 0 Å². The van der Waals surface area contributed by atoms with Crippen molar-refractivity contribution in [1.82, 2.24) is 0 Å². The number of aliphatic hydroxyl groups excluding tert-OH is 1. The summed E-state index contributed by atoms with van der Waals surface area (Å²) in [4.78, 5) is 11.4. The van der Waals surface area contributed by atoms with E-state index in [2.05, 4.69) is 15.9 Å². The van der Waals surface area contributed by atoms with Gasteiger partial charge >= 0.3 is 0 Å². The lowest BCUT2D eigenvalue weighted by molar-refractivity contribution is -0.123. The average molecular weight is 269 g/mol. The zero-order chi connectivity index (χ0) is 10.8. The summed E-state index contributed by atoms with van der Waals surface area (Å²) < 4.78 is 1.04. The molecule has 1 fully saturated rings. The SMILES string of the molecule is O=C1CC(O)CC(c2ccc(Br)cc2)C1. The van der Waals surface area contributed by atoms with E-state index >= 15 is 0 Å². The van der Waals surface area contributed by atoms with Crippen LogP contribution in [0.3, 0.4) is 0 Å². The summed E-state index contributed by atoms with van der Waals surface area (Å²) >= 11 is 3.38. The summed E-state index contributed by atoms with van der Waals surface area (Å²) in [5.41, 5.74) is 1.14. The van der Waals surface area contributed by atoms with Gasteiger partial charge in [-0.05, 0) is 30.0 Å². The maximum Gasteiger partial charge on any atom is 0.136 e. The Morgan fingerprint density at radius 1 is 1.20 bits per heavy atom. The highest BCUT2D eigenvalue weighted by Crippen LogP contribution is 2.31. The fourth-order valence-corrected chi connectivity index (χ4v) is 2.37. The van der Waals surface area contributed by atoms with E-state index in [0.717, 1.165) is 10.0 Å². The Labute approximate surface area is 97.4 Å². The van der Waals surface area contributed by atoms with Crippen LogP contribution in [0, 0.1) is 0 Å². The minimum atomic E-state index is -0.458. The third kappa shape index (κ3) is 2.67. The predicted molar refractivity (Wildman–Crippen MR) is 61.7 cm³/mol. The van der Waals surface area contributed by atoms with Crippen LogP contribution in [0.5, 0.6) is 0 Å². The van der Waals surface area contributed by atoms with Crippen LogP contribution >= 0.6 is 15.9 Å². The molecular weight excluding hydrogens is 256 g/mol. The molecular formula is C12H13BrO2. The van der Waals surface area contributed by atoms with E-state index in [9.17, 15) is 9.90 Å². The van der Waals surface area contributed by atoms with Gasteiger partial charge in [-0.25, -0.2) is 0 Å². The van der Waals surface area contributed by atoms with E-state index in [1.807, 2.05) is 24.3 Å². The molecule has 0 aromatic heterocycles. The molecule has 1 N–H and O–H groups in total. The average Bonchev–Trinajstić information content (AvgIpc) is 2.17. The number of benzene rings is 1. The van der Waals surface area contributed by atoms with Crippen molar-refractivity contribution in [2.24, 2.45) is 0 Å². The first kappa shape index (κ1) is 10.8. The van der Waals surface area contributed by atoms with Crippen molar-refractivity contribution in [1.29, 1.82) is 0 Å². The zero-order valence-electron chi connectivity index (χ0n) is 8.32. The standard InChI is InChI=1S/C12H13BrO2/c13-10-3-1-8(2-4-10)9-5-11(14)7-12(15)6-9/h1-4,9,11,14H,5-7H2. The predicted octanol–water partition coefficient (Wildman–Crippen LogP) is 2.65. The van der Waals surface area contributed by atoms with E-state index in [1.54, 1.807) is 0 Å². The first-order valence-corrected chi connectivity index (χ1v) is 5.89. The summed E-state index contributed by atoms with van der Waals surface area (Å²) in [6.45, 7) is 0. The fraction of sp³-hybridized carbons (Fsp3) is 0.417. The first-order valence-electron chi connectivity index (χ1n) is 5.10. The fourth-order valence-electron chi connectivity index (χ4n) is 2.10. The molecule has 1 saturated carbocycles. The largest absolute Gasteiger partial charge is 0.393 e. The Kier molecular flexibility index (Phi) is 3.22. The minimum absolute atomic E-state index is 0.168. The van der Waals surface area contributed by atoms with Crippen LogP contribution in [0.15, 0.2) is 28.7 Å². The molecule has 15 heavy (non-hydrogen) atoms. The molecule has 2 atom stereocenters. The van der Waals surface area contributed by atoms with Crippen molar-refractivity contribution in [3.8, 4) is 0 Å². The normalized spacial score (nSPS) is 26.7.